The summed E-state index contributed by atoms with van der Waals surface area (Å²) >= 11 is 0. The van der Waals surface area contributed by atoms with Gasteiger partial charge in [-0.25, -0.2) is 0 Å². The van der Waals surface area contributed by atoms with E-state index in [0.717, 1.165) is 22.9 Å². The Hall–Kier alpha value is -3.41. The predicted octanol–water partition coefficient (Wildman–Crippen LogP) is 3.42. The third-order valence-corrected chi connectivity index (χ3v) is 4.86. The number of nitrogens with one attached hydrogen (secondary N) is 1. The predicted molar refractivity (Wildman–Crippen MR) is 96.5 cm³/mol. The smallest absolute Gasteiger partial charge is 0.316 e. The van der Waals surface area contributed by atoms with Gasteiger partial charge < -0.3 is 14.4 Å². The number of benzene rings is 2. The quantitative estimate of drug-likeness (QED) is 0.605. The fraction of sp³-hybridized carbons (Fsp3) is 0.150. The van der Waals surface area contributed by atoms with Gasteiger partial charge in [0.15, 0.2) is 0 Å². The highest BCUT2D eigenvalue weighted by molar-refractivity contribution is 5.94. The van der Waals surface area contributed by atoms with Crippen molar-refractivity contribution in [1.82, 2.24) is 20.0 Å². The van der Waals surface area contributed by atoms with Crippen molar-refractivity contribution in [2.75, 3.05) is 6.54 Å². The molecule has 1 N–H and O–H groups in total. The molecule has 1 aliphatic rings. The van der Waals surface area contributed by atoms with Crippen molar-refractivity contribution in [3.63, 3.8) is 0 Å². The van der Waals surface area contributed by atoms with E-state index in [9.17, 15) is 4.79 Å². The largest absolute Gasteiger partial charge is 0.361 e. The molecule has 2 aromatic carbocycles. The fourth-order valence-electron chi connectivity index (χ4n) is 3.50. The summed E-state index contributed by atoms with van der Waals surface area (Å²) in [6, 6.07) is 16.0. The van der Waals surface area contributed by atoms with Crippen LogP contribution >= 0.6 is 0 Å². The van der Waals surface area contributed by atoms with Gasteiger partial charge in [0.25, 0.3) is 0 Å². The van der Waals surface area contributed by atoms with E-state index in [0.29, 0.717) is 18.9 Å². The molecule has 6 heteroatoms. The zero-order valence-corrected chi connectivity index (χ0v) is 14.0. The molecule has 0 radical (unpaired) electrons. The summed E-state index contributed by atoms with van der Waals surface area (Å²) in [5, 5.41) is 5.03. The molecule has 0 atom stereocenters. The molecule has 0 bridgehead atoms. The Morgan fingerprint density at radius 2 is 1.96 bits per heavy atom. The molecule has 0 spiro atoms. The lowest BCUT2D eigenvalue weighted by Gasteiger charge is -2.27. The molecule has 0 fully saturated rings. The van der Waals surface area contributed by atoms with Crippen molar-refractivity contribution in [3.8, 4) is 11.4 Å². The normalized spacial score (nSPS) is 13.8. The van der Waals surface area contributed by atoms with E-state index in [1.165, 1.54) is 11.1 Å². The van der Waals surface area contributed by atoms with Gasteiger partial charge in [0, 0.05) is 35.8 Å². The number of hydrogen-bond donors (Lipinski definition) is 1. The van der Waals surface area contributed by atoms with Gasteiger partial charge in [-0.05, 0) is 29.7 Å². The zero-order chi connectivity index (χ0) is 17.5. The zero-order valence-electron chi connectivity index (χ0n) is 14.0. The van der Waals surface area contributed by atoms with Crippen LogP contribution in [-0.4, -0.2) is 32.5 Å². The molecule has 3 heterocycles. The van der Waals surface area contributed by atoms with E-state index in [1.807, 2.05) is 42.6 Å². The Morgan fingerprint density at radius 1 is 1.08 bits per heavy atom. The summed E-state index contributed by atoms with van der Waals surface area (Å²) in [6.45, 7) is 1.22. The number of aromatic nitrogens is 3. The summed E-state index contributed by atoms with van der Waals surface area (Å²) in [4.78, 5) is 22.1. The average Bonchev–Trinajstić information content (AvgIpc) is 3.36. The van der Waals surface area contributed by atoms with Crippen LogP contribution in [0.2, 0.25) is 0 Å². The molecule has 0 unspecified atom stereocenters. The minimum atomic E-state index is -0.223. The van der Waals surface area contributed by atoms with Gasteiger partial charge in [0.2, 0.25) is 5.82 Å². The van der Waals surface area contributed by atoms with Crippen molar-refractivity contribution < 1.29 is 9.32 Å². The third kappa shape index (κ3) is 2.38. The number of amides is 1. The number of carbonyl (C=O) groups excluding carboxylic acids is 1. The van der Waals surface area contributed by atoms with Gasteiger partial charge in [0.1, 0.15) is 0 Å². The molecule has 0 saturated heterocycles. The van der Waals surface area contributed by atoms with Crippen LogP contribution in [0.5, 0.6) is 0 Å². The molecular formula is C20H16N4O2. The van der Waals surface area contributed by atoms with Gasteiger partial charge in [-0.2, -0.15) is 4.98 Å². The van der Waals surface area contributed by atoms with Gasteiger partial charge >= 0.3 is 11.8 Å². The second kappa shape index (κ2) is 5.84. The number of aromatic amines is 1. The molecule has 2 aromatic heterocycles. The lowest BCUT2D eigenvalue weighted by atomic mass is 10.00. The van der Waals surface area contributed by atoms with E-state index < -0.39 is 0 Å². The Morgan fingerprint density at radius 3 is 2.88 bits per heavy atom. The van der Waals surface area contributed by atoms with Crippen molar-refractivity contribution in [3.05, 3.63) is 71.7 Å². The van der Waals surface area contributed by atoms with Crippen LogP contribution < -0.4 is 0 Å². The number of hydrogen-bond acceptors (Lipinski definition) is 4. The van der Waals surface area contributed by atoms with Crippen molar-refractivity contribution in [2.45, 2.75) is 13.0 Å². The first-order valence-electron chi connectivity index (χ1n) is 8.56. The minimum absolute atomic E-state index is 0.0342. The van der Waals surface area contributed by atoms with E-state index in [-0.39, 0.29) is 11.8 Å². The third-order valence-electron chi connectivity index (χ3n) is 4.86. The monoisotopic (exact) mass is 344 g/mol. The molecule has 0 saturated carbocycles. The molecule has 1 amide bonds. The van der Waals surface area contributed by atoms with E-state index in [1.54, 1.807) is 4.90 Å². The standard InChI is InChI=1S/C20H16N4O2/c25-20(24-11-9-13-4-1-2-5-14(13)12-24)19-22-18(23-26-19)16-6-3-7-17-15(16)8-10-21-17/h1-8,10,21H,9,11-12H2. The second-order valence-corrected chi connectivity index (χ2v) is 6.41. The van der Waals surface area contributed by atoms with E-state index in [2.05, 4.69) is 27.3 Å². The second-order valence-electron chi connectivity index (χ2n) is 6.41. The average molecular weight is 344 g/mol. The summed E-state index contributed by atoms with van der Waals surface area (Å²) in [5.74, 6) is 0.238. The SMILES string of the molecule is O=C(c1nc(-c2cccc3[nH]ccc23)no1)N1CCc2ccccc2C1. The summed E-state index contributed by atoms with van der Waals surface area (Å²) in [6.07, 6.45) is 2.71. The van der Waals surface area contributed by atoms with Crippen LogP contribution in [0.4, 0.5) is 0 Å². The number of carbonyl (C=O) groups is 1. The molecule has 26 heavy (non-hydrogen) atoms. The van der Waals surface area contributed by atoms with Crippen molar-refractivity contribution >= 4 is 16.8 Å². The summed E-state index contributed by atoms with van der Waals surface area (Å²) < 4.78 is 5.29. The van der Waals surface area contributed by atoms with Crippen LogP contribution in [0.1, 0.15) is 21.8 Å². The molecule has 128 valence electrons. The van der Waals surface area contributed by atoms with Gasteiger partial charge in [0.05, 0.1) is 0 Å². The van der Waals surface area contributed by atoms with E-state index in [4.69, 9.17) is 4.52 Å². The minimum Gasteiger partial charge on any atom is -0.361 e. The lowest BCUT2D eigenvalue weighted by molar-refractivity contribution is 0.0684. The van der Waals surface area contributed by atoms with Gasteiger partial charge in [-0.3, -0.25) is 4.79 Å². The Bertz CT molecular complexity index is 1110. The van der Waals surface area contributed by atoms with Crippen LogP contribution in [0.15, 0.2) is 59.3 Å². The van der Waals surface area contributed by atoms with Crippen LogP contribution in [0, 0.1) is 0 Å². The van der Waals surface area contributed by atoms with Crippen LogP contribution in [0.25, 0.3) is 22.3 Å². The fourth-order valence-corrected chi connectivity index (χ4v) is 3.50. The molecule has 4 aromatic rings. The first-order chi connectivity index (χ1) is 12.8. The molecule has 5 rings (SSSR count). The summed E-state index contributed by atoms with van der Waals surface area (Å²) in [7, 11) is 0. The summed E-state index contributed by atoms with van der Waals surface area (Å²) in [5.41, 5.74) is 4.30. The van der Waals surface area contributed by atoms with Crippen LogP contribution in [-0.2, 0) is 13.0 Å². The number of rotatable bonds is 2. The first kappa shape index (κ1) is 14.9. The maximum atomic E-state index is 12.8. The van der Waals surface area contributed by atoms with Crippen molar-refractivity contribution in [2.24, 2.45) is 0 Å². The number of H-pyrrole nitrogens is 1. The maximum absolute atomic E-state index is 12.8. The van der Waals surface area contributed by atoms with Crippen molar-refractivity contribution in [1.29, 1.82) is 0 Å². The van der Waals surface area contributed by atoms with E-state index >= 15 is 0 Å². The number of nitrogens with zero attached hydrogens (tertiary/aromatic N) is 3. The first-order valence-corrected chi connectivity index (χ1v) is 8.56. The van der Waals surface area contributed by atoms with Gasteiger partial charge in [-0.15, -0.1) is 0 Å². The van der Waals surface area contributed by atoms with Gasteiger partial charge in [-0.1, -0.05) is 41.6 Å². The maximum Gasteiger partial charge on any atom is 0.316 e. The number of fused-ring (bicyclic) bond motifs is 2. The highest BCUT2D eigenvalue weighted by Crippen LogP contribution is 2.26. The molecule has 6 nitrogen and oxygen atoms in total. The lowest BCUT2D eigenvalue weighted by Crippen LogP contribution is -2.36. The topological polar surface area (TPSA) is 75.0 Å². The molecular weight excluding hydrogens is 328 g/mol. The molecule has 0 aliphatic carbocycles. The Labute approximate surface area is 149 Å². The molecule has 1 aliphatic heterocycles. The Kier molecular flexibility index (Phi) is 3.35. The van der Waals surface area contributed by atoms with Crippen LogP contribution in [0.3, 0.4) is 0 Å². The Balaban J connectivity index is 1.44. The highest BCUT2D eigenvalue weighted by atomic mass is 16.5. The highest BCUT2D eigenvalue weighted by Gasteiger charge is 2.26.